The smallest absolute Gasteiger partial charge is 0.360 e. The number of para-hydroxylation sites is 3. The number of fused-ring (bicyclic) bond motifs is 5. The predicted octanol–water partition coefficient (Wildman–Crippen LogP) is 4.00. The lowest BCUT2D eigenvalue weighted by Gasteiger charge is -2.33. The highest BCUT2D eigenvalue weighted by molar-refractivity contribution is 6.86. The minimum atomic E-state index is 0.128. The van der Waals surface area contributed by atoms with Crippen molar-refractivity contribution in [1.29, 1.82) is 0 Å². The summed E-state index contributed by atoms with van der Waals surface area (Å²) in [4.78, 5) is 5.01. The molecular weight excluding hydrogens is 341 g/mol. The fraction of sp³-hybridized carbons (Fsp3) is 0.0417. The molecule has 0 saturated carbocycles. The Morgan fingerprint density at radius 1 is 0.679 bits per heavy atom. The van der Waals surface area contributed by atoms with Crippen LogP contribution in [0, 0.1) is 0 Å². The van der Waals surface area contributed by atoms with Crippen LogP contribution in [0.1, 0.15) is 5.56 Å². The molecule has 4 heterocycles. The van der Waals surface area contributed by atoms with Crippen LogP contribution in [0.5, 0.6) is 0 Å². The van der Waals surface area contributed by atoms with E-state index in [-0.39, 0.29) is 6.98 Å². The van der Waals surface area contributed by atoms with Crippen LogP contribution < -0.4 is 19.7 Å². The molecule has 130 valence electrons. The summed E-state index contributed by atoms with van der Waals surface area (Å²) < 4.78 is 2.41. The average Bonchev–Trinajstić information content (AvgIpc) is 3.31. The molecule has 0 aliphatic carbocycles. The maximum atomic E-state index is 2.53. The summed E-state index contributed by atoms with van der Waals surface area (Å²) in [6, 6.07) is 30.8. The van der Waals surface area contributed by atoms with Gasteiger partial charge in [0.25, 0.3) is 0 Å². The first-order valence-corrected chi connectivity index (χ1v) is 9.79. The van der Waals surface area contributed by atoms with Crippen LogP contribution in [-0.4, -0.2) is 6.98 Å². The van der Waals surface area contributed by atoms with Gasteiger partial charge in [-0.25, -0.2) is 0 Å². The standard InChI is InChI=1S/C24H17BN3/c1-2-9-18(10-3-1)27-20-12-4-5-13-21(20)28-22-14-6-8-17-16-26-15-7-11-19(25(27)28)24(26)23(17)22/h1-15H,16H2/q+1. The summed E-state index contributed by atoms with van der Waals surface area (Å²) in [5, 5.41) is 0. The number of rotatable bonds is 1. The van der Waals surface area contributed by atoms with E-state index < -0.39 is 0 Å². The van der Waals surface area contributed by atoms with Crippen LogP contribution in [-0.2, 0) is 6.54 Å². The molecule has 0 amide bonds. The first kappa shape index (κ1) is 14.5. The highest BCUT2D eigenvalue weighted by Gasteiger charge is 2.52. The number of anilines is 4. The number of hydrogen-bond acceptors (Lipinski definition) is 2. The maximum Gasteiger partial charge on any atom is 0.427 e. The van der Waals surface area contributed by atoms with E-state index in [0.29, 0.717) is 0 Å². The van der Waals surface area contributed by atoms with Crippen molar-refractivity contribution in [1.82, 2.24) is 0 Å². The second-order valence-corrected chi connectivity index (χ2v) is 7.69. The van der Waals surface area contributed by atoms with E-state index in [9.17, 15) is 0 Å². The van der Waals surface area contributed by atoms with Gasteiger partial charge in [0.1, 0.15) is 0 Å². The van der Waals surface area contributed by atoms with Crippen LogP contribution >= 0.6 is 0 Å². The van der Waals surface area contributed by atoms with Crippen molar-refractivity contribution in [2.45, 2.75) is 6.54 Å². The molecule has 0 fully saturated rings. The molecule has 0 unspecified atom stereocenters. The molecule has 3 aliphatic heterocycles. The van der Waals surface area contributed by atoms with Crippen LogP contribution in [0.15, 0.2) is 91.1 Å². The normalized spacial score (nSPS) is 14.8. The van der Waals surface area contributed by atoms with Crippen molar-refractivity contribution in [3.05, 3.63) is 96.7 Å². The topological polar surface area (TPSA) is 10.4 Å². The van der Waals surface area contributed by atoms with Crippen molar-refractivity contribution >= 4 is 35.2 Å². The molecule has 1 aromatic heterocycles. The highest BCUT2D eigenvalue weighted by atomic mass is 15.3. The lowest BCUT2D eigenvalue weighted by molar-refractivity contribution is -0.671. The van der Waals surface area contributed by atoms with Gasteiger partial charge in [0.15, 0.2) is 12.7 Å². The summed E-state index contributed by atoms with van der Waals surface area (Å²) in [6.45, 7) is 1.09. The fourth-order valence-electron chi connectivity index (χ4n) is 5.23. The highest BCUT2D eigenvalue weighted by Crippen LogP contribution is 2.51. The Kier molecular flexibility index (Phi) is 2.62. The van der Waals surface area contributed by atoms with E-state index in [1.165, 1.54) is 45.0 Å². The van der Waals surface area contributed by atoms with Gasteiger partial charge >= 0.3 is 6.98 Å². The van der Waals surface area contributed by atoms with Crippen LogP contribution in [0.2, 0.25) is 0 Å². The Hall–Kier alpha value is -3.53. The van der Waals surface area contributed by atoms with Gasteiger partial charge in [-0.3, -0.25) is 0 Å². The van der Waals surface area contributed by atoms with Crippen molar-refractivity contribution in [3.8, 4) is 11.3 Å². The van der Waals surface area contributed by atoms with Crippen molar-refractivity contribution in [3.63, 3.8) is 0 Å². The second kappa shape index (κ2) is 5.05. The zero-order chi connectivity index (χ0) is 18.2. The molecule has 0 N–H and O–H groups in total. The van der Waals surface area contributed by atoms with Crippen molar-refractivity contribution in [2.24, 2.45) is 0 Å². The molecule has 0 radical (unpaired) electrons. The van der Waals surface area contributed by atoms with Gasteiger partial charge in [-0.1, -0.05) is 48.5 Å². The van der Waals surface area contributed by atoms with Crippen molar-refractivity contribution in [2.75, 3.05) is 9.62 Å². The van der Waals surface area contributed by atoms with Gasteiger partial charge in [0.05, 0.1) is 16.9 Å². The quantitative estimate of drug-likeness (QED) is 0.331. The third-order valence-corrected chi connectivity index (χ3v) is 6.27. The number of benzene rings is 3. The van der Waals surface area contributed by atoms with Gasteiger partial charge in [-0.15, -0.1) is 0 Å². The summed E-state index contributed by atoms with van der Waals surface area (Å²) in [5.41, 5.74) is 10.7. The molecule has 28 heavy (non-hydrogen) atoms. The molecule has 0 atom stereocenters. The van der Waals surface area contributed by atoms with Crippen molar-refractivity contribution < 1.29 is 4.57 Å². The Morgan fingerprint density at radius 3 is 2.29 bits per heavy atom. The summed E-state index contributed by atoms with van der Waals surface area (Å²) in [7, 11) is 0. The van der Waals surface area contributed by atoms with Gasteiger partial charge in [0.2, 0.25) is 5.69 Å². The number of aromatic nitrogens is 1. The monoisotopic (exact) mass is 358 g/mol. The molecule has 4 aromatic rings. The predicted molar refractivity (Wildman–Crippen MR) is 114 cm³/mol. The number of hydrogen-bond donors (Lipinski definition) is 0. The lowest BCUT2D eigenvalue weighted by Crippen LogP contribution is -2.58. The third-order valence-electron chi connectivity index (χ3n) is 6.27. The molecule has 3 aliphatic rings. The summed E-state index contributed by atoms with van der Waals surface area (Å²) in [5.74, 6) is 0. The maximum absolute atomic E-state index is 2.53. The van der Waals surface area contributed by atoms with E-state index >= 15 is 0 Å². The Bertz CT molecular complexity index is 1270. The Balaban J connectivity index is 1.60. The number of nitrogens with zero attached hydrogens (tertiary/aromatic N) is 3. The zero-order valence-electron chi connectivity index (χ0n) is 15.3. The molecular formula is C24H17BN3+. The SMILES string of the molecule is c1ccc(N2B3c4ccc[n+]5c4-c4c(cccc4N3c3ccccc32)C5)cc1. The van der Waals surface area contributed by atoms with Crippen LogP contribution in [0.25, 0.3) is 11.3 Å². The van der Waals surface area contributed by atoms with Crippen LogP contribution in [0.3, 0.4) is 0 Å². The molecule has 0 spiro atoms. The first-order valence-electron chi connectivity index (χ1n) is 9.79. The second-order valence-electron chi connectivity index (χ2n) is 7.69. The molecule has 4 heteroatoms. The largest absolute Gasteiger partial charge is 0.427 e. The van der Waals surface area contributed by atoms with E-state index in [1.807, 2.05) is 0 Å². The van der Waals surface area contributed by atoms with E-state index in [2.05, 4.69) is 105 Å². The minimum Gasteiger partial charge on any atom is -0.360 e. The van der Waals surface area contributed by atoms with Gasteiger partial charge in [-0.2, -0.15) is 4.57 Å². The Labute approximate surface area is 164 Å². The fourth-order valence-corrected chi connectivity index (χ4v) is 5.23. The van der Waals surface area contributed by atoms with E-state index in [0.717, 1.165) is 6.54 Å². The summed E-state index contributed by atoms with van der Waals surface area (Å²) >= 11 is 0. The summed E-state index contributed by atoms with van der Waals surface area (Å²) in [6.07, 6.45) is 2.22. The van der Waals surface area contributed by atoms with Gasteiger partial charge in [0, 0.05) is 28.5 Å². The van der Waals surface area contributed by atoms with Crippen LogP contribution in [0.4, 0.5) is 22.7 Å². The minimum absolute atomic E-state index is 0.128. The average molecular weight is 358 g/mol. The molecule has 0 saturated heterocycles. The molecule has 0 bridgehead atoms. The Morgan fingerprint density at radius 2 is 1.43 bits per heavy atom. The van der Waals surface area contributed by atoms with Gasteiger partial charge < -0.3 is 9.62 Å². The number of pyridine rings is 1. The molecule has 3 aromatic carbocycles. The van der Waals surface area contributed by atoms with Gasteiger partial charge in [-0.05, 0) is 30.3 Å². The molecule has 7 rings (SSSR count). The third kappa shape index (κ3) is 1.64. The van der Waals surface area contributed by atoms with E-state index in [4.69, 9.17) is 0 Å². The van der Waals surface area contributed by atoms with E-state index in [1.54, 1.807) is 0 Å². The first-order chi connectivity index (χ1) is 13.9. The zero-order valence-corrected chi connectivity index (χ0v) is 15.3. The molecule has 3 nitrogen and oxygen atoms in total. The lowest BCUT2D eigenvalue weighted by atomic mass is 9.60.